The third-order valence-electron chi connectivity index (χ3n) is 5.87. The van der Waals surface area contributed by atoms with Crippen molar-refractivity contribution >= 4 is 11.8 Å². The van der Waals surface area contributed by atoms with Gasteiger partial charge in [0.05, 0.1) is 13.0 Å². The molecule has 3 rings (SSSR count). The summed E-state index contributed by atoms with van der Waals surface area (Å²) in [5.74, 6) is 0.535. The van der Waals surface area contributed by atoms with E-state index in [9.17, 15) is 9.59 Å². The predicted molar refractivity (Wildman–Crippen MR) is 123 cm³/mol. The third kappa shape index (κ3) is 5.85. The van der Waals surface area contributed by atoms with Crippen molar-refractivity contribution in [3.63, 3.8) is 0 Å². The standard InChI is InChI=1S/C25H33N3O3/c1-3-13-28-16-15-27(14-12-24(26)29)18-20(25(28)30)17-19-8-4-5-9-21(19)22-10-6-7-11-23(22)31-2/h4-11,20H,3,12-18H2,1-2H3,(H2,26,29)/t20-/m1/s1. The molecule has 0 spiro atoms. The van der Waals surface area contributed by atoms with Crippen LogP contribution in [-0.2, 0) is 16.0 Å². The van der Waals surface area contributed by atoms with E-state index in [4.69, 9.17) is 10.5 Å². The quantitative estimate of drug-likeness (QED) is 0.673. The van der Waals surface area contributed by atoms with Crippen molar-refractivity contribution in [2.45, 2.75) is 26.2 Å². The summed E-state index contributed by atoms with van der Waals surface area (Å²) >= 11 is 0. The zero-order valence-corrected chi connectivity index (χ0v) is 18.5. The van der Waals surface area contributed by atoms with Crippen LogP contribution in [0.3, 0.4) is 0 Å². The lowest BCUT2D eigenvalue weighted by molar-refractivity contribution is -0.134. The lowest BCUT2D eigenvalue weighted by Gasteiger charge is -2.25. The Balaban J connectivity index is 1.89. The van der Waals surface area contributed by atoms with Crippen molar-refractivity contribution in [1.82, 2.24) is 9.80 Å². The van der Waals surface area contributed by atoms with Crippen LogP contribution in [0.25, 0.3) is 11.1 Å². The molecule has 1 heterocycles. The van der Waals surface area contributed by atoms with Crippen LogP contribution in [0.1, 0.15) is 25.3 Å². The van der Waals surface area contributed by atoms with Crippen LogP contribution in [0.2, 0.25) is 0 Å². The normalized spacial score (nSPS) is 17.4. The maximum absolute atomic E-state index is 13.4. The average molecular weight is 424 g/mol. The second kappa shape index (κ2) is 11.0. The molecule has 2 N–H and O–H groups in total. The fraction of sp³-hybridized carbons (Fsp3) is 0.440. The first-order valence-electron chi connectivity index (χ1n) is 11.0. The van der Waals surface area contributed by atoms with Gasteiger partial charge in [0, 0.05) is 44.7 Å². The Kier molecular flexibility index (Phi) is 8.06. The SMILES string of the molecule is CCCN1CCN(CCC(N)=O)C[C@@H](Cc2ccccc2-c2ccccc2OC)C1=O. The molecule has 2 amide bonds. The van der Waals surface area contributed by atoms with Gasteiger partial charge in [-0.15, -0.1) is 0 Å². The summed E-state index contributed by atoms with van der Waals surface area (Å²) in [6, 6.07) is 16.2. The Labute approximate surface area is 185 Å². The second-order valence-corrected chi connectivity index (χ2v) is 8.10. The molecular formula is C25H33N3O3. The van der Waals surface area contributed by atoms with Gasteiger partial charge in [-0.25, -0.2) is 0 Å². The molecule has 0 unspecified atom stereocenters. The van der Waals surface area contributed by atoms with E-state index in [-0.39, 0.29) is 17.7 Å². The molecule has 0 aliphatic carbocycles. The van der Waals surface area contributed by atoms with Crippen LogP contribution in [0, 0.1) is 5.92 Å². The highest BCUT2D eigenvalue weighted by atomic mass is 16.5. The molecule has 1 aliphatic heterocycles. The van der Waals surface area contributed by atoms with E-state index in [0.29, 0.717) is 32.5 Å². The molecule has 0 saturated carbocycles. The molecule has 1 aliphatic rings. The maximum Gasteiger partial charge on any atom is 0.227 e. The minimum Gasteiger partial charge on any atom is -0.496 e. The van der Waals surface area contributed by atoms with Crippen molar-refractivity contribution in [2.24, 2.45) is 11.7 Å². The maximum atomic E-state index is 13.4. The summed E-state index contributed by atoms with van der Waals surface area (Å²) in [4.78, 5) is 28.9. The highest BCUT2D eigenvalue weighted by molar-refractivity contribution is 5.81. The van der Waals surface area contributed by atoms with Crippen molar-refractivity contribution < 1.29 is 14.3 Å². The van der Waals surface area contributed by atoms with Gasteiger partial charge in [0.2, 0.25) is 11.8 Å². The molecule has 6 nitrogen and oxygen atoms in total. The zero-order valence-electron chi connectivity index (χ0n) is 18.5. The second-order valence-electron chi connectivity index (χ2n) is 8.10. The minimum atomic E-state index is -0.306. The number of hydrogen-bond donors (Lipinski definition) is 1. The summed E-state index contributed by atoms with van der Waals surface area (Å²) in [5, 5.41) is 0. The number of carbonyl (C=O) groups is 2. The van der Waals surface area contributed by atoms with Gasteiger partial charge >= 0.3 is 0 Å². The summed E-state index contributed by atoms with van der Waals surface area (Å²) in [7, 11) is 1.68. The summed E-state index contributed by atoms with van der Waals surface area (Å²) in [5.41, 5.74) is 8.60. The number of carbonyl (C=O) groups excluding carboxylic acids is 2. The van der Waals surface area contributed by atoms with Gasteiger partial charge in [-0.05, 0) is 30.0 Å². The number of nitrogens with two attached hydrogens (primary N) is 1. The number of nitrogens with zero attached hydrogens (tertiary/aromatic N) is 2. The van der Waals surface area contributed by atoms with E-state index in [1.54, 1.807) is 7.11 Å². The number of rotatable bonds is 9. The smallest absolute Gasteiger partial charge is 0.227 e. The van der Waals surface area contributed by atoms with Crippen LogP contribution in [0.15, 0.2) is 48.5 Å². The van der Waals surface area contributed by atoms with Gasteiger partial charge in [-0.2, -0.15) is 0 Å². The Bertz CT molecular complexity index is 899. The van der Waals surface area contributed by atoms with E-state index in [2.05, 4.69) is 30.0 Å². The van der Waals surface area contributed by atoms with Crippen molar-refractivity contribution in [2.75, 3.05) is 39.8 Å². The first-order chi connectivity index (χ1) is 15.0. The van der Waals surface area contributed by atoms with Gasteiger partial charge in [-0.1, -0.05) is 49.4 Å². The molecule has 0 aromatic heterocycles. The number of methoxy groups -OCH3 is 1. The number of benzene rings is 2. The molecule has 6 heteroatoms. The van der Waals surface area contributed by atoms with Crippen molar-refractivity contribution in [3.8, 4) is 16.9 Å². The lowest BCUT2D eigenvalue weighted by Crippen LogP contribution is -2.38. The van der Waals surface area contributed by atoms with Gasteiger partial charge < -0.3 is 20.3 Å². The van der Waals surface area contributed by atoms with Crippen molar-refractivity contribution in [3.05, 3.63) is 54.1 Å². The van der Waals surface area contributed by atoms with Crippen LogP contribution in [-0.4, -0.2) is 61.4 Å². The lowest BCUT2D eigenvalue weighted by atomic mass is 9.91. The Morgan fingerprint density at radius 3 is 2.48 bits per heavy atom. The van der Waals surface area contributed by atoms with Gasteiger partial charge in [0.15, 0.2) is 0 Å². The number of hydrogen-bond acceptors (Lipinski definition) is 4. The molecule has 2 aromatic rings. The minimum absolute atomic E-state index is 0.169. The number of para-hydroxylation sites is 1. The largest absolute Gasteiger partial charge is 0.496 e. The summed E-state index contributed by atoms with van der Waals surface area (Å²) < 4.78 is 5.58. The summed E-state index contributed by atoms with van der Waals surface area (Å²) in [6.07, 6.45) is 1.88. The Morgan fingerprint density at radius 1 is 1.06 bits per heavy atom. The average Bonchev–Trinajstić information content (AvgIpc) is 2.92. The van der Waals surface area contributed by atoms with Crippen LogP contribution in [0.4, 0.5) is 0 Å². The first kappa shape index (κ1) is 22.8. The molecule has 1 atom stereocenters. The van der Waals surface area contributed by atoms with E-state index in [1.165, 1.54) is 0 Å². The third-order valence-corrected chi connectivity index (χ3v) is 5.87. The number of amides is 2. The fourth-order valence-corrected chi connectivity index (χ4v) is 4.32. The molecule has 1 fully saturated rings. The Morgan fingerprint density at radius 2 is 1.77 bits per heavy atom. The topological polar surface area (TPSA) is 75.9 Å². The summed E-state index contributed by atoms with van der Waals surface area (Å²) in [6.45, 7) is 5.53. The molecule has 31 heavy (non-hydrogen) atoms. The molecular weight excluding hydrogens is 390 g/mol. The van der Waals surface area contributed by atoms with E-state index in [1.807, 2.05) is 35.2 Å². The first-order valence-corrected chi connectivity index (χ1v) is 11.0. The van der Waals surface area contributed by atoms with Crippen molar-refractivity contribution in [1.29, 1.82) is 0 Å². The van der Waals surface area contributed by atoms with Gasteiger partial charge in [0.1, 0.15) is 5.75 Å². The molecule has 1 saturated heterocycles. The van der Waals surface area contributed by atoms with E-state index in [0.717, 1.165) is 42.0 Å². The van der Waals surface area contributed by atoms with Gasteiger partial charge in [-0.3, -0.25) is 9.59 Å². The zero-order chi connectivity index (χ0) is 22.2. The highest BCUT2D eigenvalue weighted by Gasteiger charge is 2.30. The molecule has 2 aromatic carbocycles. The van der Waals surface area contributed by atoms with Crippen LogP contribution < -0.4 is 10.5 Å². The van der Waals surface area contributed by atoms with Gasteiger partial charge in [0.25, 0.3) is 0 Å². The molecule has 0 radical (unpaired) electrons. The Hall–Kier alpha value is -2.86. The molecule has 0 bridgehead atoms. The highest BCUT2D eigenvalue weighted by Crippen LogP contribution is 2.33. The van der Waals surface area contributed by atoms with Crippen LogP contribution in [0.5, 0.6) is 5.75 Å². The fourth-order valence-electron chi connectivity index (χ4n) is 4.32. The number of ether oxygens (including phenoxy) is 1. The van der Waals surface area contributed by atoms with Crippen LogP contribution >= 0.6 is 0 Å². The number of primary amides is 1. The van der Waals surface area contributed by atoms with E-state index >= 15 is 0 Å². The predicted octanol–water partition coefficient (Wildman–Crippen LogP) is 2.95. The monoisotopic (exact) mass is 423 g/mol. The molecule has 166 valence electrons. The van der Waals surface area contributed by atoms with E-state index < -0.39 is 0 Å².